The molecule has 2 amide bonds. The van der Waals surface area contributed by atoms with Crippen LogP contribution in [0.15, 0.2) is 42.5 Å². The summed E-state index contributed by atoms with van der Waals surface area (Å²) in [5.41, 5.74) is 4.78. The summed E-state index contributed by atoms with van der Waals surface area (Å²) in [6.45, 7) is 3.01. The molecule has 29 heavy (non-hydrogen) atoms. The van der Waals surface area contributed by atoms with Crippen LogP contribution < -0.4 is 10.1 Å². The molecule has 5 heteroatoms. The van der Waals surface area contributed by atoms with Crippen molar-refractivity contribution < 1.29 is 9.53 Å². The molecule has 1 saturated heterocycles. The van der Waals surface area contributed by atoms with Crippen molar-refractivity contribution in [2.75, 3.05) is 32.6 Å². The van der Waals surface area contributed by atoms with E-state index in [2.05, 4.69) is 46.6 Å². The maximum atomic E-state index is 13.0. The summed E-state index contributed by atoms with van der Waals surface area (Å²) in [6.07, 6.45) is 5.23. The molecular weight excluding hydrogens is 362 g/mol. The Morgan fingerprint density at radius 2 is 1.90 bits per heavy atom. The first-order valence-corrected chi connectivity index (χ1v) is 10.6. The number of urea groups is 1. The Balaban J connectivity index is 1.35. The van der Waals surface area contributed by atoms with Crippen molar-refractivity contribution >= 4 is 11.7 Å². The molecule has 0 spiro atoms. The van der Waals surface area contributed by atoms with Gasteiger partial charge in [-0.05, 0) is 54.9 Å². The minimum atomic E-state index is -0.0369. The molecular formula is C24H31N3O2. The maximum Gasteiger partial charge on any atom is 0.321 e. The van der Waals surface area contributed by atoms with Crippen molar-refractivity contribution in [3.05, 3.63) is 59.2 Å². The van der Waals surface area contributed by atoms with Gasteiger partial charge in [0.1, 0.15) is 5.75 Å². The number of rotatable bonds is 5. The summed E-state index contributed by atoms with van der Waals surface area (Å²) in [7, 11) is 3.58. The molecule has 1 aliphatic heterocycles. The summed E-state index contributed by atoms with van der Waals surface area (Å²) in [5.74, 6) is 0.755. The van der Waals surface area contributed by atoms with E-state index in [-0.39, 0.29) is 12.1 Å². The minimum absolute atomic E-state index is 0.0369. The number of carbonyl (C=O) groups is 1. The number of hydrogen-bond acceptors (Lipinski definition) is 3. The summed E-state index contributed by atoms with van der Waals surface area (Å²) in [4.78, 5) is 17.4. The molecule has 0 unspecified atom stereocenters. The molecule has 1 N–H and O–H groups in total. The van der Waals surface area contributed by atoms with Gasteiger partial charge in [-0.1, -0.05) is 36.4 Å². The zero-order valence-corrected chi connectivity index (χ0v) is 17.5. The first kappa shape index (κ1) is 19.8. The van der Waals surface area contributed by atoms with E-state index < -0.39 is 0 Å². The molecule has 0 atom stereocenters. The summed E-state index contributed by atoms with van der Waals surface area (Å²) in [5, 5.41) is 3.16. The van der Waals surface area contributed by atoms with Gasteiger partial charge in [0.05, 0.1) is 12.8 Å². The van der Waals surface area contributed by atoms with E-state index in [1.54, 1.807) is 7.11 Å². The van der Waals surface area contributed by atoms with Crippen LogP contribution in [0.2, 0.25) is 0 Å². The van der Waals surface area contributed by atoms with Crippen LogP contribution in [0.3, 0.4) is 0 Å². The van der Waals surface area contributed by atoms with E-state index in [0.717, 1.165) is 63.2 Å². The molecule has 2 aromatic carbocycles. The number of anilines is 1. The van der Waals surface area contributed by atoms with Crippen LogP contribution in [-0.2, 0) is 19.4 Å². The number of carbonyl (C=O) groups excluding carboxylic acids is 1. The van der Waals surface area contributed by atoms with Gasteiger partial charge in [-0.25, -0.2) is 4.79 Å². The van der Waals surface area contributed by atoms with Gasteiger partial charge in [0.2, 0.25) is 0 Å². The van der Waals surface area contributed by atoms with Gasteiger partial charge >= 0.3 is 6.03 Å². The van der Waals surface area contributed by atoms with Crippen molar-refractivity contribution in [2.24, 2.45) is 0 Å². The Bertz CT molecular complexity index is 845. The average molecular weight is 394 g/mol. The molecule has 1 fully saturated rings. The average Bonchev–Trinajstić information content (AvgIpc) is 3.24. The van der Waals surface area contributed by atoms with Crippen molar-refractivity contribution in [3.63, 3.8) is 0 Å². The number of aryl methyl sites for hydroxylation is 1. The summed E-state index contributed by atoms with van der Waals surface area (Å²) >= 11 is 0. The lowest BCUT2D eigenvalue weighted by Gasteiger charge is -2.36. The second-order valence-corrected chi connectivity index (χ2v) is 8.17. The Labute approximate surface area is 173 Å². The zero-order chi connectivity index (χ0) is 20.2. The van der Waals surface area contributed by atoms with Crippen LogP contribution in [-0.4, -0.2) is 49.1 Å². The third kappa shape index (κ3) is 4.40. The molecule has 1 aliphatic carbocycles. The number of benzene rings is 2. The van der Waals surface area contributed by atoms with E-state index in [0.29, 0.717) is 0 Å². The van der Waals surface area contributed by atoms with Crippen LogP contribution >= 0.6 is 0 Å². The van der Waals surface area contributed by atoms with Gasteiger partial charge < -0.3 is 15.0 Å². The lowest BCUT2D eigenvalue weighted by molar-refractivity contribution is 0.137. The number of amides is 2. The number of nitrogens with zero attached hydrogens (tertiary/aromatic N) is 2. The van der Waals surface area contributed by atoms with Gasteiger partial charge in [-0.3, -0.25) is 4.90 Å². The number of likely N-dealkylation sites (tertiary alicyclic amines) is 1. The van der Waals surface area contributed by atoms with E-state index in [4.69, 9.17) is 4.74 Å². The molecule has 0 radical (unpaired) electrons. The first-order chi connectivity index (χ1) is 14.2. The quantitative estimate of drug-likeness (QED) is 0.823. The lowest BCUT2D eigenvalue weighted by atomic mass is 10.0. The molecule has 4 rings (SSSR count). The highest BCUT2D eigenvalue weighted by Gasteiger charge is 2.27. The van der Waals surface area contributed by atoms with E-state index in [9.17, 15) is 4.79 Å². The third-order valence-corrected chi connectivity index (χ3v) is 6.37. The maximum absolute atomic E-state index is 13.0. The van der Waals surface area contributed by atoms with Gasteiger partial charge in [0, 0.05) is 32.7 Å². The fourth-order valence-electron chi connectivity index (χ4n) is 4.62. The van der Waals surface area contributed by atoms with E-state index in [1.165, 1.54) is 16.7 Å². The third-order valence-electron chi connectivity index (χ3n) is 6.37. The van der Waals surface area contributed by atoms with Crippen LogP contribution in [0.5, 0.6) is 5.75 Å². The van der Waals surface area contributed by atoms with E-state index >= 15 is 0 Å². The predicted molar refractivity (Wildman–Crippen MR) is 117 cm³/mol. The number of fused-ring (bicyclic) bond motifs is 1. The van der Waals surface area contributed by atoms with Crippen molar-refractivity contribution in [1.29, 1.82) is 0 Å². The number of piperidine rings is 1. The van der Waals surface area contributed by atoms with Gasteiger partial charge in [0.25, 0.3) is 0 Å². The van der Waals surface area contributed by atoms with Crippen molar-refractivity contribution in [1.82, 2.24) is 9.80 Å². The van der Waals surface area contributed by atoms with Gasteiger partial charge in [-0.2, -0.15) is 0 Å². The fraction of sp³-hybridized carbons (Fsp3) is 0.458. The fourth-order valence-corrected chi connectivity index (χ4v) is 4.62. The molecule has 0 bridgehead atoms. The predicted octanol–water partition coefficient (Wildman–Crippen LogP) is 4.31. The van der Waals surface area contributed by atoms with E-state index in [1.807, 2.05) is 18.0 Å². The largest absolute Gasteiger partial charge is 0.495 e. The molecule has 1 heterocycles. The number of nitrogens with one attached hydrogen (secondary N) is 1. The van der Waals surface area contributed by atoms with Crippen LogP contribution in [0, 0.1) is 0 Å². The molecule has 0 saturated carbocycles. The highest BCUT2D eigenvalue weighted by molar-refractivity contribution is 5.92. The highest BCUT2D eigenvalue weighted by atomic mass is 16.5. The lowest BCUT2D eigenvalue weighted by Crippen LogP contribution is -2.46. The number of ether oxygens (including phenoxy) is 1. The SMILES string of the molecule is COc1ccc2c(c1NC(=O)N(C)C1CCN(Cc3ccccc3)CC1)CCC2. The Morgan fingerprint density at radius 3 is 2.62 bits per heavy atom. The molecule has 2 aliphatic rings. The normalized spacial score (nSPS) is 17.0. The molecule has 2 aromatic rings. The Morgan fingerprint density at radius 1 is 1.14 bits per heavy atom. The smallest absolute Gasteiger partial charge is 0.321 e. The standard InChI is InChI=1S/C24H31N3O2/c1-26(20-13-15-27(16-14-20)17-18-7-4-3-5-8-18)24(28)25-23-21-10-6-9-19(21)11-12-22(23)29-2/h3-5,7-8,11-12,20H,6,9-10,13-17H2,1-2H3,(H,25,28). The second kappa shape index (κ2) is 8.87. The number of methoxy groups -OCH3 is 1. The van der Waals surface area contributed by atoms with Gasteiger partial charge in [0.15, 0.2) is 0 Å². The van der Waals surface area contributed by atoms with Crippen molar-refractivity contribution in [2.45, 2.75) is 44.7 Å². The first-order valence-electron chi connectivity index (χ1n) is 10.6. The number of hydrogen-bond donors (Lipinski definition) is 1. The van der Waals surface area contributed by atoms with Crippen LogP contribution in [0.1, 0.15) is 36.0 Å². The minimum Gasteiger partial charge on any atom is -0.495 e. The molecule has 154 valence electrons. The zero-order valence-electron chi connectivity index (χ0n) is 17.5. The topological polar surface area (TPSA) is 44.8 Å². The van der Waals surface area contributed by atoms with Gasteiger partial charge in [-0.15, -0.1) is 0 Å². The van der Waals surface area contributed by atoms with Crippen LogP contribution in [0.4, 0.5) is 10.5 Å². The molecule has 5 nitrogen and oxygen atoms in total. The monoisotopic (exact) mass is 393 g/mol. The molecule has 0 aromatic heterocycles. The van der Waals surface area contributed by atoms with Crippen LogP contribution in [0.25, 0.3) is 0 Å². The summed E-state index contributed by atoms with van der Waals surface area (Å²) < 4.78 is 5.53. The summed E-state index contributed by atoms with van der Waals surface area (Å²) in [6, 6.07) is 14.9. The Hall–Kier alpha value is -2.53. The van der Waals surface area contributed by atoms with Crippen molar-refractivity contribution in [3.8, 4) is 5.75 Å². The Kier molecular flexibility index (Phi) is 6.05. The highest BCUT2D eigenvalue weighted by Crippen LogP contribution is 2.36. The second-order valence-electron chi connectivity index (χ2n) is 8.17.